The summed E-state index contributed by atoms with van der Waals surface area (Å²) in [4.78, 5) is 10.7. The molecular weight excluding hydrogens is 218 g/mol. The fourth-order valence-corrected chi connectivity index (χ4v) is 1.40. The number of aryl methyl sites for hydroxylation is 1. The van der Waals surface area contributed by atoms with Crippen LogP contribution in [0.4, 0.5) is 0 Å². The van der Waals surface area contributed by atoms with Crippen LogP contribution in [0.15, 0.2) is 24.3 Å². The number of primary amides is 1. The van der Waals surface area contributed by atoms with Crippen LogP contribution in [0.25, 0.3) is 0 Å². The molecule has 2 nitrogen and oxygen atoms in total. The fraction of sp³-hybridized carbons (Fsp3) is 0.222. The molecule has 0 atom stereocenters. The van der Waals surface area contributed by atoms with E-state index >= 15 is 0 Å². The molecule has 0 saturated carbocycles. The van der Waals surface area contributed by atoms with Crippen LogP contribution in [-0.2, 0) is 6.42 Å². The molecule has 0 unspecified atom stereocenters. The van der Waals surface area contributed by atoms with Crippen molar-refractivity contribution < 1.29 is 4.79 Å². The van der Waals surface area contributed by atoms with E-state index in [2.05, 4.69) is 15.9 Å². The summed E-state index contributed by atoms with van der Waals surface area (Å²) in [5, 5.41) is 0.933. The van der Waals surface area contributed by atoms with Gasteiger partial charge in [0.2, 0.25) is 5.91 Å². The molecule has 0 heterocycles. The lowest BCUT2D eigenvalue weighted by molar-refractivity contribution is 0.100. The molecule has 12 heavy (non-hydrogen) atoms. The van der Waals surface area contributed by atoms with Crippen LogP contribution in [-0.4, -0.2) is 11.2 Å². The Bertz CT molecular complexity index is 268. The molecule has 0 fully saturated rings. The molecule has 0 bridgehead atoms. The van der Waals surface area contributed by atoms with Crippen LogP contribution in [0.2, 0.25) is 0 Å². The standard InChI is InChI=1S/C9H10BrNO/c10-6-5-7-1-3-8(4-2-7)9(11)12/h1-4H,5-6H2,(H2,11,12). The van der Waals surface area contributed by atoms with Gasteiger partial charge in [-0.15, -0.1) is 0 Å². The lowest BCUT2D eigenvalue weighted by Gasteiger charge is -1.98. The summed E-state index contributed by atoms with van der Waals surface area (Å²) >= 11 is 3.34. The summed E-state index contributed by atoms with van der Waals surface area (Å²) in [7, 11) is 0. The second-order valence-corrected chi connectivity index (χ2v) is 3.29. The Kier molecular flexibility index (Phi) is 3.29. The van der Waals surface area contributed by atoms with Gasteiger partial charge in [0, 0.05) is 10.9 Å². The summed E-state index contributed by atoms with van der Waals surface area (Å²) in [5.74, 6) is -0.375. The molecular formula is C9H10BrNO. The summed E-state index contributed by atoms with van der Waals surface area (Å²) in [5.41, 5.74) is 6.86. The summed E-state index contributed by atoms with van der Waals surface area (Å²) in [6, 6.07) is 7.34. The van der Waals surface area contributed by atoms with Crippen molar-refractivity contribution in [1.82, 2.24) is 0 Å². The number of carbonyl (C=O) groups excluding carboxylic acids is 1. The van der Waals surface area contributed by atoms with Crippen molar-refractivity contribution in [2.75, 3.05) is 5.33 Å². The van der Waals surface area contributed by atoms with Crippen molar-refractivity contribution in [3.8, 4) is 0 Å². The lowest BCUT2D eigenvalue weighted by atomic mass is 10.1. The molecule has 0 aromatic heterocycles. The SMILES string of the molecule is NC(=O)c1ccc(CCBr)cc1. The molecule has 0 spiro atoms. The first-order chi connectivity index (χ1) is 5.74. The Morgan fingerprint density at radius 3 is 2.33 bits per heavy atom. The number of carbonyl (C=O) groups is 1. The number of alkyl halides is 1. The summed E-state index contributed by atoms with van der Waals surface area (Å²) in [6.45, 7) is 0. The highest BCUT2D eigenvalue weighted by molar-refractivity contribution is 9.09. The van der Waals surface area contributed by atoms with Crippen LogP contribution in [0.1, 0.15) is 15.9 Å². The van der Waals surface area contributed by atoms with Crippen molar-refractivity contribution in [2.24, 2.45) is 5.73 Å². The van der Waals surface area contributed by atoms with Gasteiger partial charge in [-0.3, -0.25) is 4.79 Å². The first-order valence-corrected chi connectivity index (χ1v) is 4.81. The third kappa shape index (κ3) is 2.34. The molecule has 1 amide bonds. The van der Waals surface area contributed by atoms with Crippen LogP contribution in [0, 0.1) is 0 Å². The molecule has 0 aliphatic rings. The van der Waals surface area contributed by atoms with Gasteiger partial charge in [0.05, 0.1) is 0 Å². The van der Waals surface area contributed by atoms with E-state index in [0.717, 1.165) is 11.8 Å². The average molecular weight is 228 g/mol. The van der Waals surface area contributed by atoms with Crippen molar-refractivity contribution in [3.63, 3.8) is 0 Å². The number of benzene rings is 1. The largest absolute Gasteiger partial charge is 0.366 e. The van der Waals surface area contributed by atoms with Crippen molar-refractivity contribution >= 4 is 21.8 Å². The third-order valence-electron chi connectivity index (χ3n) is 1.62. The maximum Gasteiger partial charge on any atom is 0.248 e. The van der Waals surface area contributed by atoms with Gasteiger partial charge >= 0.3 is 0 Å². The maximum absolute atomic E-state index is 10.7. The first kappa shape index (κ1) is 9.26. The van der Waals surface area contributed by atoms with E-state index in [1.807, 2.05) is 12.1 Å². The van der Waals surface area contributed by atoms with Crippen LogP contribution in [0.3, 0.4) is 0 Å². The monoisotopic (exact) mass is 227 g/mol. The summed E-state index contributed by atoms with van der Waals surface area (Å²) < 4.78 is 0. The highest BCUT2D eigenvalue weighted by atomic mass is 79.9. The van der Waals surface area contributed by atoms with Gasteiger partial charge in [-0.2, -0.15) is 0 Å². The Morgan fingerprint density at radius 2 is 1.92 bits per heavy atom. The van der Waals surface area contributed by atoms with E-state index in [1.165, 1.54) is 5.56 Å². The predicted molar refractivity (Wildman–Crippen MR) is 52.5 cm³/mol. The number of hydrogen-bond acceptors (Lipinski definition) is 1. The van der Waals surface area contributed by atoms with Gasteiger partial charge in [0.1, 0.15) is 0 Å². The molecule has 3 heteroatoms. The molecule has 0 aliphatic carbocycles. The third-order valence-corrected chi connectivity index (χ3v) is 2.02. The topological polar surface area (TPSA) is 43.1 Å². The second-order valence-electron chi connectivity index (χ2n) is 2.50. The van der Waals surface area contributed by atoms with Gasteiger partial charge in [-0.05, 0) is 24.1 Å². The molecule has 2 N–H and O–H groups in total. The predicted octanol–water partition coefficient (Wildman–Crippen LogP) is 1.72. The highest BCUT2D eigenvalue weighted by Crippen LogP contribution is 2.05. The van der Waals surface area contributed by atoms with Crippen molar-refractivity contribution in [1.29, 1.82) is 0 Å². The smallest absolute Gasteiger partial charge is 0.248 e. The van der Waals surface area contributed by atoms with Gasteiger partial charge in [0.25, 0.3) is 0 Å². The maximum atomic E-state index is 10.7. The minimum absolute atomic E-state index is 0.375. The Balaban J connectivity index is 2.78. The van der Waals surface area contributed by atoms with Crippen molar-refractivity contribution in [2.45, 2.75) is 6.42 Å². The first-order valence-electron chi connectivity index (χ1n) is 3.68. The second kappa shape index (κ2) is 4.26. The summed E-state index contributed by atoms with van der Waals surface area (Å²) in [6.07, 6.45) is 0.971. The Morgan fingerprint density at radius 1 is 1.33 bits per heavy atom. The van der Waals surface area contributed by atoms with Crippen molar-refractivity contribution in [3.05, 3.63) is 35.4 Å². The normalized spacial score (nSPS) is 9.75. The van der Waals surface area contributed by atoms with E-state index in [-0.39, 0.29) is 5.91 Å². The number of hydrogen-bond donors (Lipinski definition) is 1. The quantitative estimate of drug-likeness (QED) is 0.786. The molecule has 1 aromatic rings. The van der Waals surface area contributed by atoms with Crippen LogP contribution >= 0.6 is 15.9 Å². The molecule has 1 aromatic carbocycles. The van der Waals surface area contributed by atoms with Crippen LogP contribution in [0.5, 0.6) is 0 Å². The van der Waals surface area contributed by atoms with E-state index in [1.54, 1.807) is 12.1 Å². The molecule has 0 saturated heterocycles. The van der Waals surface area contributed by atoms with Crippen LogP contribution < -0.4 is 5.73 Å². The van der Waals surface area contributed by atoms with E-state index in [0.29, 0.717) is 5.56 Å². The fourth-order valence-electron chi connectivity index (χ4n) is 0.945. The number of nitrogens with two attached hydrogens (primary N) is 1. The van der Waals surface area contributed by atoms with E-state index < -0.39 is 0 Å². The lowest BCUT2D eigenvalue weighted by Crippen LogP contribution is -2.10. The number of rotatable bonds is 3. The minimum Gasteiger partial charge on any atom is -0.366 e. The van der Waals surface area contributed by atoms with Gasteiger partial charge in [-0.1, -0.05) is 28.1 Å². The average Bonchev–Trinajstić information content (AvgIpc) is 2.06. The molecule has 0 radical (unpaired) electrons. The zero-order valence-corrected chi connectivity index (χ0v) is 8.17. The Hall–Kier alpha value is -0.830. The minimum atomic E-state index is -0.375. The van der Waals surface area contributed by atoms with E-state index in [9.17, 15) is 4.79 Å². The molecule has 1 rings (SSSR count). The highest BCUT2D eigenvalue weighted by Gasteiger charge is 1.98. The van der Waals surface area contributed by atoms with Gasteiger partial charge in [-0.25, -0.2) is 0 Å². The van der Waals surface area contributed by atoms with Gasteiger partial charge < -0.3 is 5.73 Å². The molecule has 0 aliphatic heterocycles. The van der Waals surface area contributed by atoms with Gasteiger partial charge in [0.15, 0.2) is 0 Å². The molecule has 64 valence electrons. The number of halogens is 1. The Labute approximate surface area is 79.9 Å². The zero-order valence-electron chi connectivity index (χ0n) is 6.59. The number of amides is 1. The van der Waals surface area contributed by atoms with E-state index in [4.69, 9.17) is 5.73 Å². The zero-order chi connectivity index (χ0) is 8.97.